The van der Waals surface area contributed by atoms with E-state index in [-0.39, 0.29) is 0 Å². The second-order valence-corrected chi connectivity index (χ2v) is 15.5. The Morgan fingerprint density at radius 2 is 0.375 bits per heavy atom. The highest BCUT2D eigenvalue weighted by Crippen LogP contribution is 2.25. The van der Waals surface area contributed by atoms with Crippen molar-refractivity contribution in [1.82, 2.24) is 44.9 Å². The molecule has 0 saturated heterocycles. The van der Waals surface area contributed by atoms with Gasteiger partial charge in [-0.1, -0.05) is 71.9 Å². The normalized spacial score (nSPS) is 9.83. The van der Waals surface area contributed by atoms with Gasteiger partial charge in [-0.3, -0.25) is 29.9 Å². The van der Waals surface area contributed by atoms with E-state index in [2.05, 4.69) is 101 Å². The van der Waals surface area contributed by atoms with Gasteiger partial charge in [0, 0.05) is 70.6 Å². The van der Waals surface area contributed by atoms with E-state index in [1.807, 2.05) is 164 Å². The Bertz CT molecular complexity index is 3380. The first-order chi connectivity index (χ1) is 35.6. The average molecular weight is 916 g/mol. The topological polar surface area (TPSA) is 116 Å². The van der Waals surface area contributed by atoms with Gasteiger partial charge in [0.25, 0.3) is 0 Å². The van der Waals surface area contributed by atoms with Crippen LogP contribution in [0.25, 0.3) is 68.3 Å². The third-order valence-electron chi connectivity index (χ3n) is 10.4. The molecule has 0 aliphatic carbocycles. The smallest absolute Gasteiger partial charge is 0.0906 e. The highest BCUT2D eigenvalue weighted by atomic mass is 14.8. The summed E-state index contributed by atoms with van der Waals surface area (Å²) < 4.78 is 0. The predicted octanol–water partition coefficient (Wildman–Crippen LogP) is 10.5. The first-order valence-electron chi connectivity index (χ1n) is 22.4. The minimum atomic E-state index is 0.655. The molecular formula is C63H33N9. The maximum atomic E-state index is 4.84. The summed E-state index contributed by atoms with van der Waals surface area (Å²) in [7, 11) is 0. The van der Waals surface area contributed by atoms with Gasteiger partial charge in [0.1, 0.15) is 0 Å². The summed E-state index contributed by atoms with van der Waals surface area (Å²) in [6.45, 7) is 0. The molecule has 9 nitrogen and oxygen atoms in total. The molecule has 0 atom stereocenters. The van der Waals surface area contributed by atoms with Crippen LogP contribution in [-0.2, 0) is 0 Å². The second kappa shape index (κ2) is 22.2. The highest BCUT2D eigenvalue weighted by molar-refractivity contribution is 5.69. The van der Waals surface area contributed by atoms with E-state index in [0.29, 0.717) is 67.5 Å². The lowest BCUT2D eigenvalue weighted by Gasteiger charge is -2.05. The zero-order valence-electron chi connectivity index (χ0n) is 38.1. The van der Waals surface area contributed by atoms with Gasteiger partial charge in [0.05, 0.1) is 68.3 Å². The van der Waals surface area contributed by atoms with Crippen molar-refractivity contribution in [2.45, 2.75) is 0 Å². The minimum absolute atomic E-state index is 0.655. The van der Waals surface area contributed by atoms with Crippen molar-refractivity contribution in [3.63, 3.8) is 0 Å². The molecule has 0 fully saturated rings. The number of rotatable bonds is 6. The highest BCUT2D eigenvalue weighted by Gasteiger charge is 2.11. The molecule has 0 aliphatic rings. The van der Waals surface area contributed by atoms with E-state index < -0.39 is 0 Å². The Balaban J connectivity index is 0.994. The van der Waals surface area contributed by atoms with Crippen LogP contribution in [0.4, 0.5) is 0 Å². The summed E-state index contributed by atoms with van der Waals surface area (Å²) in [5, 5.41) is 0. The fraction of sp³-hybridized carbons (Fsp3) is 0. The first-order valence-corrected chi connectivity index (χ1v) is 22.4. The zero-order valence-corrected chi connectivity index (χ0v) is 38.1. The van der Waals surface area contributed by atoms with Gasteiger partial charge in [-0.15, -0.1) is 0 Å². The lowest BCUT2D eigenvalue weighted by molar-refractivity contribution is 1.21. The monoisotopic (exact) mass is 915 g/mol. The molecule has 0 saturated carbocycles. The Morgan fingerprint density at radius 1 is 0.194 bits per heavy atom. The lowest BCUT2D eigenvalue weighted by Crippen LogP contribution is -1.93. The standard InChI is InChI=1S/C63H33N9/c1(4-22-49-40-58(52-25-7-13-31-64-52)70-59(41-49)53-26-8-14-32-65-53)19-46-37-47(20-2-5-23-50-42-60(54-27-9-15-33-66-54)71-61(43-50)55-28-10-16-34-67-55)39-48(38-46)21-3-6-24-51-44-62(56-29-11-17-35-68-56)72-63(45-51)57-30-12-18-36-69-57/h7-18,25-45H. The molecule has 0 N–H and O–H groups in total. The van der Waals surface area contributed by atoms with E-state index in [0.717, 1.165) is 34.2 Å². The van der Waals surface area contributed by atoms with Crippen LogP contribution in [0.2, 0.25) is 0 Å². The van der Waals surface area contributed by atoms with Gasteiger partial charge >= 0.3 is 0 Å². The quantitative estimate of drug-likeness (QED) is 0.150. The van der Waals surface area contributed by atoms with Gasteiger partial charge in [0.2, 0.25) is 0 Å². The summed E-state index contributed by atoms with van der Waals surface area (Å²) in [5.41, 5.74) is 12.5. The Morgan fingerprint density at radius 3 is 0.542 bits per heavy atom. The van der Waals surface area contributed by atoms with Crippen LogP contribution >= 0.6 is 0 Å². The van der Waals surface area contributed by atoms with Gasteiger partial charge in [-0.2, -0.15) is 0 Å². The molecule has 0 aliphatic heterocycles. The zero-order chi connectivity index (χ0) is 48.6. The van der Waals surface area contributed by atoms with Gasteiger partial charge in [-0.05, 0) is 163 Å². The van der Waals surface area contributed by atoms with Crippen LogP contribution in [0, 0.1) is 71.0 Å². The number of benzene rings is 1. The van der Waals surface area contributed by atoms with Crippen LogP contribution in [0.5, 0.6) is 0 Å². The van der Waals surface area contributed by atoms with Gasteiger partial charge in [0.15, 0.2) is 0 Å². The summed E-state index contributed by atoms with van der Waals surface area (Å²) in [6.07, 6.45) is 10.4. The molecule has 0 spiro atoms. The van der Waals surface area contributed by atoms with E-state index in [1.165, 1.54) is 0 Å². The fourth-order valence-electron chi connectivity index (χ4n) is 7.15. The van der Waals surface area contributed by atoms with Crippen molar-refractivity contribution in [2.24, 2.45) is 0 Å². The van der Waals surface area contributed by atoms with Crippen molar-refractivity contribution >= 4 is 0 Å². The molecule has 1 aromatic carbocycles. The Kier molecular flexibility index (Phi) is 13.8. The average Bonchev–Trinajstić information content (AvgIpc) is 3.45. The molecular weight excluding hydrogens is 883 g/mol. The molecule has 9 aromatic heterocycles. The molecule has 0 bridgehead atoms. The molecule has 0 radical (unpaired) electrons. The van der Waals surface area contributed by atoms with Crippen LogP contribution in [-0.4, -0.2) is 44.9 Å². The van der Waals surface area contributed by atoms with Crippen LogP contribution in [0.15, 0.2) is 201 Å². The van der Waals surface area contributed by atoms with E-state index in [4.69, 9.17) is 15.0 Å². The third kappa shape index (κ3) is 11.7. The van der Waals surface area contributed by atoms with Crippen LogP contribution in [0.1, 0.15) is 33.4 Å². The van der Waals surface area contributed by atoms with E-state index in [9.17, 15) is 0 Å². The lowest BCUT2D eigenvalue weighted by atomic mass is 10.1. The fourth-order valence-corrected chi connectivity index (χ4v) is 7.15. The Hall–Kier alpha value is -11.1. The SMILES string of the molecule is C(C#Cc1cc(-c2ccccn2)nc(-c2ccccn2)c1)#Cc1cc(C#CC#Cc2cc(-c3ccccn3)nc(-c3ccccn3)c2)cc(C#CC#Cc2cc(-c3ccccn3)nc(-c3ccccn3)c2)c1. The summed E-state index contributed by atoms with van der Waals surface area (Å²) in [4.78, 5) is 41.6. The number of hydrogen-bond donors (Lipinski definition) is 0. The Labute approximate surface area is 416 Å². The number of hydrogen-bond acceptors (Lipinski definition) is 9. The number of pyridine rings is 9. The minimum Gasteiger partial charge on any atom is -0.255 e. The molecule has 9 heteroatoms. The number of aromatic nitrogens is 9. The van der Waals surface area contributed by atoms with E-state index in [1.54, 1.807) is 37.2 Å². The number of nitrogens with zero attached hydrogens (tertiary/aromatic N) is 9. The molecule has 0 amide bonds. The molecule has 0 unspecified atom stereocenters. The summed E-state index contributed by atoms with van der Waals surface area (Å²) in [6, 6.07) is 51.2. The van der Waals surface area contributed by atoms with Crippen LogP contribution in [0.3, 0.4) is 0 Å². The maximum absolute atomic E-state index is 4.84. The molecule has 9 heterocycles. The predicted molar refractivity (Wildman–Crippen MR) is 280 cm³/mol. The molecule has 330 valence electrons. The molecule has 10 aromatic rings. The van der Waals surface area contributed by atoms with Crippen molar-refractivity contribution in [3.8, 4) is 139 Å². The maximum Gasteiger partial charge on any atom is 0.0906 e. The summed E-state index contributed by atoms with van der Waals surface area (Å²) >= 11 is 0. The second-order valence-electron chi connectivity index (χ2n) is 15.5. The van der Waals surface area contributed by atoms with Crippen molar-refractivity contribution in [1.29, 1.82) is 0 Å². The van der Waals surface area contributed by atoms with Gasteiger partial charge < -0.3 is 0 Å². The van der Waals surface area contributed by atoms with Crippen molar-refractivity contribution in [3.05, 3.63) is 234 Å². The van der Waals surface area contributed by atoms with Crippen LogP contribution < -0.4 is 0 Å². The third-order valence-corrected chi connectivity index (χ3v) is 10.4. The first kappa shape index (κ1) is 44.7. The van der Waals surface area contributed by atoms with Crippen molar-refractivity contribution in [2.75, 3.05) is 0 Å². The molecule has 10 rings (SSSR count). The largest absolute Gasteiger partial charge is 0.255 e. The van der Waals surface area contributed by atoms with Gasteiger partial charge in [-0.25, -0.2) is 15.0 Å². The molecule has 72 heavy (non-hydrogen) atoms. The summed E-state index contributed by atoms with van der Waals surface area (Å²) in [5.74, 6) is 37.4. The van der Waals surface area contributed by atoms with E-state index >= 15 is 0 Å². The van der Waals surface area contributed by atoms with Crippen molar-refractivity contribution < 1.29 is 0 Å².